The van der Waals surface area contributed by atoms with Gasteiger partial charge in [0.05, 0.1) is 33.0 Å². The standard InChI is InChI=1S/C32H25F3N6O2S3/c1-41-27(15-20-9-6-8-19-7-2-3-10-22(19)20)39-40-30(41)44-17-28(42)36-21-13-14-25-26(16-21)46-31(38-25)45-18-29(43)37-24-12-5-4-11-23(24)32(33,34)35/h2-14,16H,15,17-18H2,1H3,(H,36,42)(H,37,43). The number of nitrogens with zero attached hydrogens (tertiary/aromatic N) is 4. The third-order valence-corrected chi connectivity index (χ3v) is 10.2. The van der Waals surface area contributed by atoms with Crippen molar-refractivity contribution in [2.24, 2.45) is 7.05 Å². The van der Waals surface area contributed by atoms with E-state index in [1.165, 1.54) is 46.7 Å². The van der Waals surface area contributed by atoms with Gasteiger partial charge in [-0.25, -0.2) is 4.98 Å². The molecule has 6 rings (SSSR count). The molecule has 0 saturated carbocycles. The first kappa shape index (κ1) is 31.6. The number of thioether (sulfide) groups is 2. The van der Waals surface area contributed by atoms with Crippen LogP contribution in [0, 0.1) is 0 Å². The maximum atomic E-state index is 13.2. The van der Waals surface area contributed by atoms with E-state index in [4.69, 9.17) is 0 Å². The summed E-state index contributed by atoms with van der Waals surface area (Å²) in [5.74, 6) is 0.0350. The molecule has 6 aromatic rings. The van der Waals surface area contributed by atoms with Gasteiger partial charge in [-0.15, -0.1) is 21.5 Å². The van der Waals surface area contributed by atoms with E-state index in [1.54, 1.807) is 18.2 Å². The van der Waals surface area contributed by atoms with Gasteiger partial charge in [-0.2, -0.15) is 13.2 Å². The number of para-hydroxylation sites is 1. The Morgan fingerprint density at radius 1 is 0.870 bits per heavy atom. The third-order valence-electron chi connectivity index (χ3n) is 6.97. The third kappa shape index (κ3) is 7.35. The van der Waals surface area contributed by atoms with Crippen LogP contribution in [0.1, 0.15) is 17.0 Å². The molecule has 2 aromatic heterocycles. The molecule has 0 fully saturated rings. The predicted molar refractivity (Wildman–Crippen MR) is 178 cm³/mol. The average molecular weight is 679 g/mol. The van der Waals surface area contributed by atoms with Crippen LogP contribution in [0.2, 0.25) is 0 Å². The number of carbonyl (C=O) groups excluding carboxylic acids is 2. The van der Waals surface area contributed by atoms with Gasteiger partial charge in [0.1, 0.15) is 5.82 Å². The summed E-state index contributed by atoms with van der Waals surface area (Å²) in [6.45, 7) is 0. The molecule has 0 spiro atoms. The number of hydrogen-bond donors (Lipinski definition) is 2. The molecule has 0 saturated heterocycles. The van der Waals surface area contributed by atoms with Gasteiger partial charge < -0.3 is 15.2 Å². The van der Waals surface area contributed by atoms with Crippen LogP contribution in [0.5, 0.6) is 0 Å². The molecule has 0 bridgehead atoms. The summed E-state index contributed by atoms with van der Waals surface area (Å²) in [7, 11) is 1.89. The molecule has 14 heteroatoms. The number of fused-ring (bicyclic) bond motifs is 2. The summed E-state index contributed by atoms with van der Waals surface area (Å²) in [4.78, 5) is 29.7. The number of aromatic nitrogens is 4. The zero-order chi connectivity index (χ0) is 32.3. The molecule has 4 aromatic carbocycles. The van der Waals surface area contributed by atoms with E-state index in [-0.39, 0.29) is 23.1 Å². The molecule has 0 aliphatic carbocycles. The minimum absolute atomic E-state index is 0.113. The summed E-state index contributed by atoms with van der Waals surface area (Å²) < 4.78 is 42.9. The molecule has 2 heterocycles. The highest BCUT2D eigenvalue weighted by molar-refractivity contribution is 8.01. The van der Waals surface area contributed by atoms with Gasteiger partial charge in [0.2, 0.25) is 11.8 Å². The Bertz CT molecular complexity index is 2060. The van der Waals surface area contributed by atoms with Crippen LogP contribution in [-0.4, -0.2) is 43.1 Å². The molecule has 234 valence electrons. The topological polar surface area (TPSA) is 102 Å². The lowest BCUT2D eigenvalue weighted by molar-refractivity contribution is -0.137. The Labute approximate surface area is 273 Å². The monoisotopic (exact) mass is 678 g/mol. The van der Waals surface area contributed by atoms with Crippen LogP contribution in [-0.2, 0) is 29.2 Å². The van der Waals surface area contributed by atoms with Gasteiger partial charge in [-0.1, -0.05) is 78.1 Å². The van der Waals surface area contributed by atoms with Crippen LogP contribution < -0.4 is 10.6 Å². The molecular formula is C32H25F3N6O2S3. The lowest BCUT2D eigenvalue weighted by Crippen LogP contribution is -2.18. The number of alkyl halides is 3. The van der Waals surface area contributed by atoms with Crippen LogP contribution in [0.15, 0.2) is 94.4 Å². The largest absolute Gasteiger partial charge is 0.418 e. The van der Waals surface area contributed by atoms with E-state index < -0.39 is 17.6 Å². The van der Waals surface area contributed by atoms with Gasteiger partial charge in [-0.3, -0.25) is 9.59 Å². The molecule has 2 amide bonds. The minimum atomic E-state index is -4.58. The number of halogens is 3. The van der Waals surface area contributed by atoms with E-state index in [9.17, 15) is 22.8 Å². The fraction of sp³-hybridized carbons (Fsp3) is 0.156. The van der Waals surface area contributed by atoms with Crippen LogP contribution >= 0.6 is 34.9 Å². The van der Waals surface area contributed by atoms with Gasteiger partial charge >= 0.3 is 6.18 Å². The first-order valence-corrected chi connectivity index (χ1v) is 16.7. The molecule has 0 aliphatic rings. The quantitative estimate of drug-likeness (QED) is 0.144. The second kappa shape index (κ2) is 13.5. The number of nitrogens with one attached hydrogen (secondary N) is 2. The van der Waals surface area contributed by atoms with Crippen molar-refractivity contribution in [1.82, 2.24) is 19.7 Å². The second-order valence-electron chi connectivity index (χ2n) is 10.2. The summed E-state index contributed by atoms with van der Waals surface area (Å²) in [5.41, 5.74) is 1.23. The first-order chi connectivity index (χ1) is 22.1. The van der Waals surface area contributed by atoms with E-state index in [0.717, 1.165) is 39.3 Å². The molecule has 8 nitrogen and oxygen atoms in total. The minimum Gasteiger partial charge on any atom is -0.325 e. The molecule has 46 heavy (non-hydrogen) atoms. The Morgan fingerprint density at radius 2 is 1.61 bits per heavy atom. The molecule has 2 N–H and O–H groups in total. The van der Waals surface area contributed by atoms with Gasteiger partial charge in [0.25, 0.3) is 0 Å². The van der Waals surface area contributed by atoms with Crippen molar-refractivity contribution in [3.05, 3.63) is 102 Å². The smallest absolute Gasteiger partial charge is 0.325 e. The maximum absolute atomic E-state index is 13.2. The zero-order valence-electron chi connectivity index (χ0n) is 24.2. The van der Waals surface area contributed by atoms with Crippen molar-refractivity contribution in [2.75, 3.05) is 22.1 Å². The van der Waals surface area contributed by atoms with Crippen LogP contribution in [0.25, 0.3) is 21.0 Å². The van der Waals surface area contributed by atoms with Crippen molar-refractivity contribution in [3.63, 3.8) is 0 Å². The van der Waals surface area contributed by atoms with Crippen molar-refractivity contribution in [1.29, 1.82) is 0 Å². The summed E-state index contributed by atoms with van der Waals surface area (Å²) in [6.07, 6.45) is -3.96. The Hall–Kier alpha value is -4.40. The van der Waals surface area contributed by atoms with Crippen molar-refractivity contribution >= 4 is 79.0 Å². The Balaban J connectivity index is 1.02. The van der Waals surface area contributed by atoms with Crippen molar-refractivity contribution in [2.45, 2.75) is 22.1 Å². The SMILES string of the molecule is Cn1c(Cc2cccc3ccccc23)nnc1SCC(=O)Nc1ccc2nc(SCC(=O)Nc3ccccc3C(F)(F)F)sc2c1. The molecule has 0 unspecified atom stereocenters. The zero-order valence-corrected chi connectivity index (χ0v) is 26.6. The molecular weight excluding hydrogens is 654 g/mol. The van der Waals surface area contributed by atoms with Crippen LogP contribution in [0.4, 0.5) is 24.5 Å². The van der Waals surface area contributed by atoms with E-state index in [1.807, 2.05) is 29.8 Å². The summed E-state index contributed by atoms with van der Waals surface area (Å²) >= 11 is 3.74. The highest BCUT2D eigenvalue weighted by Crippen LogP contribution is 2.35. The number of amides is 2. The summed E-state index contributed by atoms with van der Waals surface area (Å²) in [5, 5.41) is 16.8. The van der Waals surface area contributed by atoms with E-state index in [0.29, 0.717) is 27.1 Å². The normalized spacial score (nSPS) is 11.7. The van der Waals surface area contributed by atoms with Crippen molar-refractivity contribution < 1.29 is 22.8 Å². The summed E-state index contributed by atoms with van der Waals surface area (Å²) in [6, 6.07) is 24.5. The number of benzene rings is 4. The fourth-order valence-electron chi connectivity index (χ4n) is 4.76. The van der Waals surface area contributed by atoms with Gasteiger partial charge in [-0.05, 0) is 46.7 Å². The number of rotatable bonds is 10. The Morgan fingerprint density at radius 3 is 2.46 bits per heavy atom. The average Bonchev–Trinajstić information content (AvgIpc) is 3.61. The highest BCUT2D eigenvalue weighted by atomic mass is 32.2. The first-order valence-electron chi connectivity index (χ1n) is 13.9. The number of thiazole rings is 1. The second-order valence-corrected chi connectivity index (χ2v) is 13.3. The molecule has 0 radical (unpaired) electrons. The lowest BCUT2D eigenvalue weighted by atomic mass is 10.0. The maximum Gasteiger partial charge on any atom is 0.418 e. The number of anilines is 2. The van der Waals surface area contributed by atoms with Gasteiger partial charge in [0, 0.05) is 19.2 Å². The fourth-order valence-corrected chi connectivity index (χ4v) is 7.40. The van der Waals surface area contributed by atoms with Crippen LogP contribution in [0.3, 0.4) is 0 Å². The van der Waals surface area contributed by atoms with Gasteiger partial charge in [0.15, 0.2) is 9.50 Å². The van der Waals surface area contributed by atoms with E-state index in [2.05, 4.69) is 50.1 Å². The predicted octanol–water partition coefficient (Wildman–Crippen LogP) is 7.65. The number of hydrogen-bond acceptors (Lipinski definition) is 8. The number of carbonyl (C=O) groups is 2. The molecule has 0 aliphatic heterocycles. The van der Waals surface area contributed by atoms with E-state index >= 15 is 0 Å². The molecule has 0 atom stereocenters. The Kier molecular flexibility index (Phi) is 9.29. The lowest BCUT2D eigenvalue weighted by Gasteiger charge is -2.13. The van der Waals surface area contributed by atoms with Crippen molar-refractivity contribution in [3.8, 4) is 0 Å². The highest BCUT2D eigenvalue weighted by Gasteiger charge is 2.33.